The zero-order chi connectivity index (χ0) is 15.7. The van der Waals surface area contributed by atoms with Gasteiger partial charge in [0.25, 0.3) is 0 Å². The van der Waals surface area contributed by atoms with E-state index in [4.69, 9.17) is 5.73 Å². The SMILES string of the molecule is CN1CC(CN)CC1c1cccc(N2CC(=O)NCC2=O)c1. The third kappa shape index (κ3) is 2.84. The molecule has 3 N–H and O–H groups in total. The Morgan fingerprint density at radius 2 is 2.18 bits per heavy atom. The Morgan fingerprint density at radius 1 is 1.36 bits per heavy atom. The number of hydrogen-bond acceptors (Lipinski definition) is 4. The maximum absolute atomic E-state index is 12.0. The van der Waals surface area contributed by atoms with Gasteiger partial charge in [0.15, 0.2) is 0 Å². The summed E-state index contributed by atoms with van der Waals surface area (Å²) in [6.07, 6.45) is 1.03. The minimum absolute atomic E-state index is 0.0711. The highest BCUT2D eigenvalue weighted by Crippen LogP contribution is 2.35. The molecule has 2 heterocycles. The maximum atomic E-state index is 12.0. The van der Waals surface area contributed by atoms with Gasteiger partial charge in [-0.05, 0) is 43.6 Å². The van der Waals surface area contributed by atoms with Crippen LogP contribution in [-0.2, 0) is 9.59 Å². The fourth-order valence-corrected chi connectivity index (χ4v) is 3.36. The summed E-state index contributed by atoms with van der Waals surface area (Å²) < 4.78 is 0. The predicted octanol–water partition coefficient (Wildman–Crippen LogP) is 0.101. The molecule has 0 aromatic heterocycles. The van der Waals surface area contributed by atoms with E-state index in [1.54, 1.807) is 4.90 Å². The van der Waals surface area contributed by atoms with E-state index in [-0.39, 0.29) is 24.9 Å². The average Bonchev–Trinajstić information content (AvgIpc) is 2.91. The molecule has 0 saturated carbocycles. The Balaban J connectivity index is 1.83. The predicted molar refractivity (Wildman–Crippen MR) is 84.3 cm³/mol. The molecule has 22 heavy (non-hydrogen) atoms. The van der Waals surface area contributed by atoms with Crippen LogP contribution in [0.3, 0.4) is 0 Å². The number of nitrogens with one attached hydrogen (secondary N) is 1. The fraction of sp³-hybridized carbons (Fsp3) is 0.500. The topological polar surface area (TPSA) is 78.7 Å². The van der Waals surface area contributed by atoms with Crippen molar-refractivity contribution >= 4 is 17.5 Å². The van der Waals surface area contributed by atoms with Gasteiger partial charge < -0.3 is 16.0 Å². The summed E-state index contributed by atoms with van der Waals surface area (Å²) in [4.78, 5) is 27.4. The van der Waals surface area contributed by atoms with Crippen LogP contribution in [0.2, 0.25) is 0 Å². The molecule has 2 atom stereocenters. The maximum Gasteiger partial charge on any atom is 0.246 e. The lowest BCUT2D eigenvalue weighted by molar-refractivity contribution is -0.128. The lowest BCUT2D eigenvalue weighted by Gasteiger charge is -2.28. The van der Waals surface area contributed by atoms with Crippen LogP contribution in [0.5, 0.6) is 0 Å². The highest BCUT2D eigenvalue weighted by atomic mass is 16.2. The third-order valence-electron chi connectivity index (χ3n) is 4.57. The molecule has 2 aliphatic heterocycles. The Morgan fingerprint density at radius 3 is 2.91 bits per heavy atom. The monoisotopic (exact) mass is 302 g/mol. The summed E-state index contributed by atoms with van der Waals surface area (Å²) in [5.74, 6) is 0.323. The summed E-state index contributed by atoms with van der Waals surface area (Å²) >= 11 is 0. The molecule has 1 aromatic rings. The van der Waals surface area contributed by atoms with Crippen LogP contribution < -0.4 is 16.0 Å². The number of nitrogens with zero attached hydrogens (tertiary/aromatic N) is 2. The van der Waals surface area contributed by atoms with E-state index in [1.807, 2.05) is 18.2 Å². The molecular weight excluding hydrogens is 280 g/mol. The zero-order valence-corrected chi connectivity index (χ0v) is 12.8. The van der Waals surface area contributed by atoms with E-state index in [0.717, 1.165) is 18.7 Å². The minimum atomic E-state index is -0.119. The van der Waals surface area contributed by atoms with Crippen LogP contribution >= 0.6 is 0 Å². The molecule has 2 saturated heterocycles. The standard InChI is InChI=1S/C16H22N4O2/c1-19-9-11(7-17)5-14(19)12-3-2-4-13(6-12)20-10-15(21)18-8-16(20)22/h2-4,6,11,14H,5,7-10,17H2,1H3,(H,18,21). The molecule has 2 aliphatic rings. The number of rotatable bonds is 3. The van der Waals surface area contributed by atoms with E-state index >= 15 is 0 Å². The molecule has 6 nitrogen and oxygen atoms in total. The van der Waals surface area contributed by atoms with Gasteiger partial charge in [0.1, 0.15) is 6.54 Å². The largest absolute Gasteiger partial charge is 0.345 e. The summed E-state index contributed by atoms with van der Waals surface area (Å²) in [5, 5.41) is 2.57. The first kappa shape index (κ1) is 15.0. The molecule has 0 aliphatic carbocycles. The van der Waals surface area contributed by atoms with Gasteiger partial charge >= 0.3 is 0 Å². The van der Waals surface area contributed by atoms with Crippen LogP contribution in [0, 0.1) is 5.92 Å². The number of piperazine rings is 1. The highest BCUT2D eigenvalue weighted by molar-refractivity contribution is 6.04. The van der Waals surface area contributed by atoms with Crippen LogP contribution in [0.15, 0.2) is 24.3 Å². The van der Waals surface area contributed by atoms with Gasteiger partial charge in [-0.3, -0.25) is 14.5 Å². The van der Waals surface area contributed by atoms with Crippen molar-refractivity contribution in [3.8, 4) is 0 Å². The van der Waals surface area contributed by atoms with Gasteiger partial charge in [0, 0.05) is 18.3 Å². The molecule has 118 valence electrons. The second kappa shape index (κ2) is 6.06. The van der Waals surface area contributed by atoms with Crippen molar-refractivity contribution in [2.45, 2.75) is 12.5 Å². The van der Waals surface area contributed by atoms with Crippen LogP contribution in [0.25, 0.3) is 0 Å². The van der Waals surface area contributed by atoms with Gasteiger partial charge in [-0.1, -0.05) is 12.1 Å². The van der Waals surface area contributed by atoms with Crippen LogP contribution in [0.1, 0.15) is 18.0 Å². The number of benzene rings is 1. The molecule has 6 heteroatoms. The summed E-state index contributed by atoms with van der Waals surface area (Å²) in [6, 6.07) is 8.26. The Kier molecular flexibility index (Phi) is 4.13. The molecule has 0 radical (unpaired) electrons. The number of nitrogens with two attached hydrogens (primary N) is 1. The van der Waals surface area contributed by atoms with Crippen molar-refractivity contribution in [1.82, 2.24) is 10.2 Å². The first-order valence-electron chi connectivity index (χ1n) is 7.66. The van der Waals surface area contributed by atoms with Gasteiger partial charge in [0.2, 0.25) is 11.8 Å². The van der Waals surface area contributed by atoms with Crippen LogP contribution in [-0.4, -0.2) is 49.9 Å². The second-order valence-electron chi connectivity index (χ2n) is 6.14. The van der Waals surface area contributed by atoms with Crippen molar-refractivity contribution in [2.24, 2.45) is 11.7 Å². The highest BCUT2D eigenvalue weighted by Gasteiger charge is 2.30. The molecule has 1 aromatic carbocycles. The molecule has 3 rings (SSSR count). The molecule has 0 bridgehead atoms. The first-order chi connectivity index (χ1) is 10.6. The number of carbonyl (C=O) groups excluding carboxylic acids is 2. The molecule has 2 unspecified atom stereocenters. The smallest absolute Gasteiger partial charge is 0.246 e. The molecule has 2 amide bonds. The van der Waals surface area contributed by atoms with Gasteiger partial charge in [-0.25, -0.2) is 0 Å². The van der Waals surface area contributed by atoms with E-state index in [0.29, 0.717) is 18.5 Å². The lowest BCUT2D eigenvalue weighted by atomic mass is 9.99. The van der Waals surface area contributed by atoms with Crippen molar-refractivity contribution in [3.63, 3.8) is 0 Å². The summed E-state index contributed by atoms with van der Waals surface area (Å²) in [5.41, 5.74) is 7.76. The van der Waals surface area contributed by atoms with Gasteiger partial charge in [-0.2, -0.15) is 0 Å². The van der Waals surface area contributed by atoms with Crippen molar-refractivity contribution in [2.75, 3.05) is 38.1 Å². The minimum Gasteiger partial charge on any atom is -0.345 e. The van der Waals surface area contributed by atoms with Gasteiger partial charge in [0.05, 0.1) is 6.54 Å². The first-order valence-corrected chi connectivity index (χ1v) is 7.66. The third-order valence-corrected chi connectivity index (χ3v) is 4.57. The van der Waals surface area contributed by atoms with E-state index < -0.39 is 0 Å². The quantitative estimate of drug-likeness (QED) is 0.830. The van der Waals surface area contributed by atoms with E-state index in [9.17, 15) is 9.59 Å². The number of likely N-dealkylation sites (tertiary alicyclic amines) is 1. The van der Waals surface area contributed by atoms with Crippen LogP contribution in [0.4, 0.5) is 5.69 Å². The molecule has 2 fully saturated rings. The number of carbonyl (C=O) groups is 2. The van der Waals surface area contributed by atoms with Crippen molar-refractivity contribution < 1.29 is 9.59 Å². The second-order valence-corrected chi connectivity index (χ2v) is 6.14. The Bertz CT molecular complexity index is 589. The molecule has 0 spiro atoms. The average molecular weight is 302 g/mol. The lowest BCUT2D eigenvalue weighted by Crippen LogP contribution is -2.51. The fourth-order valence-electron chi connectivity index (χ4n) is 3.36. The Hall–Kier alpha value is -1.92. The Labute approximate surface area is 130 Å². The van der Waals surface area contributed by atoms with E-state index in [2.05, 4.69) is 23.3 Å². The number of hydrogen-bond donors (Lipinski definition) is 2. The molecular formula is C16H22N4O2. The normalized spacial score (nSPS) is 26.4. The summed E-state index contributed by atoms with van der Waals surface area (Å²) in [6.45, 7) is 1.86. The van der Waals surface area contributed by atoms with Gasteiger partial charge in [-0.15, -0.1) is 0 Å². The van der Waals surface area contributed by atoms with Crippen molar-refractivity contribution in [3.05, 3.63) is 29.8 Å². The number of anilines is 1. The van der Waals surface area contributed by atoms with E-state index in [1.165, 1.54) is 5.56 Å². The zero-order valence-electron chi connectivity index (χ0n) is 12.8. The number of amides is 2. The van der Waals surface area contributed by atoms with Crippen molar-refractivity contribution in [1.29, 1.82) is 0 Å². The summed E-state index contributed by atoms with van der Waals surface area (Å²) in [7, 11) is 2.10.